The summed E-state index contributed by atoms with van der Waals surface area (Å²) >= 11 is 0. The van der Waals surface area contributed by atoms with Crippen LogP contribution in [-0.2, 0) is 19.6 Å². The van der Waals surface area contributed by atoms with E-state index in [2.05, 4.69) is 10.6 Å². The van der Waals surface area contributed by atoms with Gasteiger partial charge in [0.25, 0.3) is 15.9 Å². The fourth-order valence-corrected chi connectivity index (χ4v) is 5.72. The molecule has 9 heteroatoms. The maximum absolute atomic E-state index is 13.6. The number of hydrogen-bond acceptors (Lipinski definition) is 5. The van der Waals surface area contributed by atoms with Gasteiger partial charge in [0, 0.05) is 13.2 Å². The van der Waals surface area contributed by atoms with Gasteiger partial charge in [-0.3, -0.25) is 13.9 Å². The molecule has 0 aromatic heterocycles. The highest BCUT2D eigenvalue weighted by atomic mass is 32.2. The standard InChI is InChI=1S/C28H31N3O5S/c1-20-14-15-21(2)26(17-20)31(37(34,35)23-10-4-3-5-11-23)19-27(32)30-25-13-7-6-12-24(25)28(33)29-18-22-9-8-16-36-22/h3-7,10-15,17,22H,8-9,16,18-19H2,1-2H3,(H,29,33)(H,30,32)/t22-/m0/s1. The number of para-hydroxylation sites is 1. The van der Waals surface area contributed by atoms with Crippen molar-refractivity contribution in [2.45, 2.75) is 37.7 Å². The minimum Gasteiger partial charge on any atom is -0.376 e. The third kappa shape index (κ3) is 6.36. The Morgan fingerprint density at radius 2 is 1.73 bits per heavy atom. The highest BCUT2D eigenvalue weighted by Crippen LogP contribution is 2.28. The largest absolute Gasteiger partial charge is 0.376 e. The number of rotatable bonds is 9. The van der Waals surface area contributed by atoms with E-state index >= 15 is 0 Å². The molecular formula is C28H31N3O5S. The Bertz CT molecular complexity index is 1370. The summed E-state index contributed by atoms with van der Waals surface area (Å²) in [7, 11) is -4.05. The molecule has 1 aliphatic rings. The quantitative estimate of drug-likeness (QED) is 0.442. The number of hydrogen-bond donors (Lipinski definition) is 2. The number of ether oxygens (including phenoxy) is 1. The van der Waals surface area contributed by atoms with Gasteiger partial charge in [0.15, 0.2) is 0 Å². The van der Waals surface area contributed by atoms with Gasteiger partial charge < -0.3 is 15.4 Å². The third-order valence-electron chi connectivity index (χ3n) is 6.21. The van der Waals surface area contributed by atoms with Crippen LogP contribution in [0.1, 0.15) is 34.3 Å². The molecule has 0 bridgehead atoms. The van der Waals surface area contributed by atoms with E-state index in [1.165, 1.54) is 12.1 Å². The third-order valence-corrected chi connectivity index (χ3v) is 7.99. The van der Waals surface area contributed by atoms with Crippen LogP contribution in [0.25, 0.3) is 0 Å². The predicted molar refractivity (Wildman–Crippen MR) is 143 cm³/mol. The van der Waals surface area contributed by atoms with Crippen molar-refractivity contribution in [2.24, 2.45) is 0 Å². The normalized spacial score (nSPS) is 15.2. The van der Waals surface area contributed by atoms with E-state index in [1.54, 1.807) is 55.5 Å². The molecule has 8 nitrogen and oxygen atoms in total. The molecule has 0 radical (unpaired) electrons. The number of nitrogens with one attached hydrogen (secondary N) is 2. The summed E-state index contributed by atoms with van der Waals surface area (Å²) in [5.41, 5.74) is 2.59. The molecule has 3 aromatic carbocycles. The fourth-order valence-electron chi connectivity index (χ4n) is 4.22. The molecule has 2 amide bonds. The molecule has 1 atom stereocenters. The topological polar surface area (TPSA) is 105 Å². The van der Waals surface area contributed by atoms with Crippen LogP contribution in [0.5, 0.6) is 0 Å². The van der Waals surface area contributed by atoms with Gasteiger partial charge in [0.2, 0.25) is 5.91 Å². The molecule has 4 rings (SSSR count). The lowest BCUT2D eigenvalue weighted by Gasteiger charge is -2.26. The Kier molecular flexibility index (Phi) is 8.25. The fraction of sp³-hybridized carbons (Fsp3) is 0.286. The summed E-state index contributed by atoms with van der Waals surface area (Å²) in [6, 6.07) is 20.1. The molecule has 194 valence electrons. The Morgan fingerprint density at radius 3 is 2.46 bits per heavy atom. The summed E-state index contributed by atoms with van der Waals surface area (Å²) in [5.74, 6) is -0.908. The van der Waals surface area contributed by atoms with Gasteiger partial charge in [-0.1, -0.05) is 42.5 Å². The van der Waals surface area contributed by atoms with E-state index in [0.29, 0.717) is 30.1 Å². The van der Waals surface area contributed by atoms with E-state index < -0.39 is 22.5 Å². The summed E-state index contributed by atoms with van der Waals surface area (Å²) in [6.45, 7) is 4.27. The van der Waals surface area contributed by atoms with Crippen molar-refractivity contribution >= 4 is 33.2 Å². The SMILES string of the molecule is Cc1ccc(C)c(N(CC(=O)Nc2ccccc2C(=O)NC[C@@H]2CCCO2)S(=O)(=O)c2ccccc2)c1. The van der Waals surface area contributed by atoms with Crippen LogP contribution < -0.4 is 14.9 Å². The maximum atomic E-state index is 13.6. The zero-order chi connectivity index (χ0) is 26.4. The smallest absolute Gasteiger partial charge is 0.264 e. The van der Waals surface area contributed by atoms with Gasteiger partial charge in [-0.05, 0) is 68.1 Å². The average molecular weight is 522 g/mol. The molecule has 1 fully saturated rings. The average Bonchev–Trinajstić information content (AvgIpc) is 3.42. The summed E-state index contributed by atoms with van der Waals surface area (Å²) in [5, 5.41) is 5.60. The Labute approximate surface area is 217 Å². The second kappa shape index (κ2) is 11.6. The minimum absolute atomic E-state index is 0.0139. The lowest BCUT2D eigenvalue weighted by Crippen LogP contribution is -2.39. The molecule has 3 aromatic rings. The van der Waals surface area contributed by atoms with E-state index in [0.717, 1.165) is 22.7 Å². The van der Waals surface area contributed by atoms with E-state index in [-0.39, 0.29) is 22.5 Å². The first-order valence-electron chi connectivity index (χ1n) is 12.2. The van der Waals surface area contributed by atoms with E-state index in [9.17, 15) is 18.0 Å². The van der Waals surface area contributed by atoms with Gasteiger partial charge in [-0.25, -0.2) is 8.42 Å². The van der Waals surface area contributed by atoms with E-state index in [1.807, 2.05) is 19.1 Å². The molecule has 37 heavy (non-hydrogen) atoms. The lowest BCUT2D eigenvalue weighted by atomic mass is 10.1. The number of sulfonamides is 1. The monoisotopic (exact) mass is 521 g/mol. The molecule has 0 saturated carbocycles. The summed E-state index contributed by atoms with van der Waals surface area (Å²) in [4.78, 5) is 26.2. The molecule has 2 N–H and O–H groups in total. The van der Waals surface area contributed by atoms with Gasteiger partial charge >= 0.3 is 0 Å². The van der Waals surface area contributed by atoms with Crippen molar-refractivity contribution in [1.82, 2.24) is 5.32 Å². The van der Waals surface area contributed by atoms with Crippen LogP contribution in [0.2, 0.25) is 0 Å². The number of carbonyl (C=O) groups is 2. The number of anilines is 2. The van der Waals surface area contributed by atoms with Crippen molar-refractivity contribution in [3.8, 4) is 0 Å². The molecule has 1 saturated heterocycles. The van der Waals surface area contributed by atoms with E-state index in [4.69, 9.17) is 4.74 Å². The zero-order valence-corrected chi connectivity index (χ0v) is 21.8. The molecule has 1 aliphatic heterocycles. The number of carbonyl (C=O) groups excluding carboxylic acids is 2. The Morgan fingerprint density at radius 1 is 1.00 bits per heavy atom. The number of benzene rings is 3. The Balaban J connectivity index is 1.58. The highest BCUT2D eigenvalue weighted by molar-refractivity contribution is 7.92. The maximum Gasteiger partial charge on any atom is 0.264 e. The Hall–Kier alpha value is -3.69. The molecular weight excluding hydrogens is 490 g/mol. The van der Waals surface area contributed by atoms with Crippen LogP contribution in [0, 0.1) is 13.8 Å². The molecule has 1 heterocycles. The second-order valence-corrected chi connectivity index (χ2v) is 10.9. The number of nitrogens with zero attached hydrogens (tertiary/aromatic N) is 1. The minimum atomic E-state index is -4.05. The van der Waals surface area contributed by atoms with Crippen LogP contribution in [0.4, 0.5) is 11.4 Å². The second-order valence-electron chi connectivity index (χ2n) is 9.05. The van der Waals surface area contributed by atoms with Crippen LogP contribution in [0.15, 0.2) is 77.7 Å². The van der Waals surface area contributed by atoms with Crippen molar-refractivity contribution in [3.63, 3.8) is 0 Å². The number of amides is 2. The molecule has 0 aliphatic carbocycles. The number of aryl methyl sites for hydroxylation is 2. The predicted octanol–water partition coefficient (Wildman–Crippen LogP) is 4.05. The van der Waals surface area contributed by atoms with Crippen LogP contribution in [0.3, 0.4) is 0 Å². The van der Waals surface area contributed by atoms with Crippen molar-refractivity contribution in [2.75, 3.05) is 29.3 Å². The van der Waals surface area contributed by atoms with Gasteiger partial charge in [0.05, 0.1) is 27.9 Å². The van der Waals surface area contributed by atoms with Gasteiger partial charge in [0.1, 0.15) is 6.54 Å². The van der Waals surface area contributed by atoms with Gasteiger partial charge in [-0.2, -0.15) is 0 Å². The molecule has 0 unspecified atom stereocenters. The summed E-state index contributed by atoms with van der Waals surface area (Å²) < 4.78 is 34.0. The first kappa shape index (κ1) is 26.4. The molecule has 0 spiro atoms. The summed E-state index contributed by atoms with van der Waals surface area (Å²) in [6.07, 6.45) is 1.85. The highest BCUT2D eigenvalue weighted by Gasteiger charge is 2.29. The van der Waals surface area contributed by atoms with Crippen molar-refractivity contribution in [1.29, 1.82) is 0 Å². The van der Waals surface area contributed by atoms with Crippen molar-refractivity contribution in [3.05, 3.63) is 89.5 Å². The zero-order valence-electron chi connectivity index (χ0n) is 20.9. The first-order chi connectivity index (χ1) is 17.8. The van der Waals surface area contributed by atoms with Gasteiger partial charge in [-0.15, -0.1) is 0 Å². The lowest BCUT2D eigenvalue weighted by molar-refractivity contribution is -0.114. The van der Waals surface area contributed by atoms with Crippen LogP contribution >= 0.6 is 0 Å². The van der Waals surface area contributed by atoms with Crippen LogP contribution in [-0.4, -0.2) is 46.0 Å². The first-order valence-corrected chi connectivity index (χ1v) is 13.6. The van der Waals surface area contributed by atoms with Crippen molar-refractivity contribution < 1.29 is 22.7 Å².